The van der Waals surface area contributed by atoms with Crippen LogP contribution in [-0.2, 0) is 21.2 Å². The van der Waals surface area contributed by atoms with E-state index in [0.29, 0.717) is 44.2 Å². The first-order valence-corrected chi connectivity index (χ1v) is 14.7. The number of hydrogen-bond donors (Lipinski definition) is 1. The fraction of sp³-hybridized carbons (Fsp3) is 0.414. The molecule has 10 heteroatoms. The average Bonchev–Trinajstić information content (AvgIpc) is 2.87. The number of carbonyl (C=O) groups is 1. The Morgan fingerprint density at radius 2 is 1.82 bits per heavy atom. The van der Waals surface area contributed by atoms with Gasteiger partial charge in [0.15, 0.2) is 0 Å². The van der Waals surface area contributed by atoms with Crippen LogP contribution in [-0.4, -0.2) is 74.4 Å². The van der Waals surface area contributed by atoms with E-state index in [4.69, 9.17) is 4.74 Å². The summed E-state index contributed by atoms with van der Waals surface area (Å²) in [4.78, 5) is 25.9. The molecule has 1 N–H and O–H groups in total. The van der Waals surface area contributed by atoms with E-state index in [1.807, 2.05) is 62.0 Å². The van der Waals surface area contributed by atoms with Crippen LogP contribution >= 0.6 is 0 Å². The molecule has 1 fully saturated rings. The molecule has 2 aliphatic rings. The third-order valence-electron chi connectivity index (χ3n) is 7.51. The number of carbonyl (C=O) groups excluding carboxylic acids is 1. The second kappa shape index (κ2) is 10.9. The summed E-state index contributed by atoms with van der Waals surface area (Å²) in [5.74, 6) is 0.625. The van der Waals surface area contributed by atoms with Crippen molar-refractivity contribution in [2.24, 2.45) is 11.8 Å². The highest BCUT2D eigenvalue weighted by Gasteiger charge is 2.33. The summed E-state index contributed by atoms with van der Waals surface area (Å²) < 4.78 is 35.6. The van der Waals surface area contributed by atoms with Crippen LogP contribution in [0.3, 0.4) is 0 Å². The summed E-state index contributed by atoms with van der Waals surface area (Å²) in [6.45, 7) is 5.95. The second-order valence-electron chi connectivity index (χ2n) is 10.8. The maximum Gasteiger partial charge on any atom is 0.264 e. The first-order chi connectivity index (χ1) is 18.6. The number of hydrogen-bond acceptors (Lipinski definition) is 7. The zero-order chi connectivity index (χ0) is 27.7. The molecule has 1 aromatic heterocycles. The number of sulfonamides is 1. The van der Waals surface area contributed by atoms with Crippen molar-refractivity contribution in [1.29, 1.82) is 0 Å². The van der Waals surface area contributed by atoms with E-state index >= 15 is 0 Å². The molecule has 39 heavy (non-hydrogen) atoms. The van der Waals surface area contributed by atoms with Crippen molar-refractivity contribution < 1.29 is 17.9 Å². The lowest BCUT2D eigenvalue weighted by Crippen LogP contribution is -2.48. The lowest BCUT2D eigenvalue weighted by molar-refractivity contribution is -0.134. The Morgan fingerprint density at radius 3 is 2.56 bits per heavy atom. The van der Waals surface area contributed by atoms with Gasteiger partial charge in [-0.2, -0.15) is 4.98 Å². The Balaban J connectivity index is 1.56. The van der Waals surface area contributed by atoms with Crippen LogP contribution in [0.2, 0.25) is 0 Å². The Morgan fingerprint density at radius 1 is 1.08 bits per heavy atom. The van der Waals surface area contributed by atoms with Gasteiger partial charge in [-0.3, -0.25) is 4.79 Å². The summed E-state index contributed by atoms with van der Waals surface area (Å²) in [7, 11) is -0.145. The molecule has 0 aliphatic carbocycles. The number of fused-ring (bicyclic) bond motifs is 5. The van der Waals surface area contributed by atoms with Crippen molar-refractivity contribution in [2.75, 3.05) is 45.1 Å². The number of piperidine rings is 1. The highest BCUT2D eigenvalue weighted by molar-refractivity contribution is 7.92. The molecular formula is C29H35N5O4S. The molecule has 206 valence electrons. The molecule has 5 rings (SSSR count). The van der Waals surface area contributed by atoms with E-state index in [2.05, 4.69) is 14.7 Å². The van der Waals surface area contributed by atoms with Gasteiger partial charge in [-0.15, -0.1) is 0 Å². The predicted octanol–water partition coefficient (Wildman–Crippen LogP) is 3.52. The Bertz CT molecular complexity index is 1470. The number of likely N-dealkylation sites (N-methyl/N-ethyl adjacent to an activating group) is 1. The quantitative estimate of drug-likeness (QED) is 0.533. The average molecular weight is 550 g/mol. The minimum atomic E-state index is -3.93. The van der Waals surface area contributed by atoms with Crippen LogP contribution in [0.1, 0.15) is 23.1 Å². The van der Waals surface area contributed by atoms with Gasteiger partial charge in [0.05, 0.1) is 23.7 Å². The van der Waals surface area contributed by atoms with E-state index in [9.17, 15) is 13.2 Å². The van der Waals surface area contributed by atoms with Crippen LogP contribution in [0.5, 0.6) is 5.88 Å². The molecule has 4 bridgehead atoms. The molecule has 2 aromatic carbocycles. The normalized spacial score (nSPS) is 20.5. The van der Waals surface area contributed by atoms with Crippen molar-refractivity contribution >= 4 is 21.9 Å². The SMILES string of the molecule is Cc1cccc(C)c1-c1cc2nc(n1)NS(=O)(=O)c1cccc(c1)CC1CCN(C(=O)CN(C)C)CC1CO2. The van der Waals surface area contributed by atoms with Gasteiger partial charge in [0, 0.05) is 30.6 Å². The number of amides is 1. The number of anilines is 1. The van der Waals surface area contributed by atoms with Gasteiger partial charge < -0.3 is 14.5 Å². The maximum absolute atomic E-state index is 13.4. The van der Waals surface area contributed by atoms with Gasteiger partial charge in [0.25, 0.3) is 10.0 Å². The monoisotopic (exact) mass is 549 g/mol. The molecule has 3 heterocycles. The van der Waals surface area contributed by atoms with E-state index in [0.717, 1.165) is 28.7 Å². The van der Waals surface area contributed by atoms with Gasteiger partial charge in [0.2, 0.25) is 17.7 Å². The molecule has 0 spiro atoms. The van der Waals surface area contributed by atoms with Crippen LogP contribution < -0.4 is 9.46 Å². The first kappa shape index (κ1) is 27.1. The summed E-state index contributed by atoms with van der Waals surface area (Å²) >= 11 is 0. The number of nitrogens with zero attached hydrogens (tertiary/aromatic N) is 4. The topological polar surface area (TPSA) is 105 Å². The van der Waals surface area contributed by atoms with E-state index in [1.54, 1.807) is 24.3 Å². The highest BCUT2D eigenvalue weighted by Crippen LogP contribution is 2.32. The summed E-state index contributed by atoms with van der Waals surface area (Å²) in [6.07, 6.45) is 1.51. The van der Waals surface area contributed by atoms with Gasteiger partial charge in [-0.1, -0.05) is 30.3 Å². The highest BCUT2D eigenvalue weighted by atomic mass is 32.2. The number of likely N-dealkylation sites (tertiary alicyclic amines) is 1. The zero-order valence-corrected chi connectivity index (χ0v) is 23.7. The number of rotatable bonds is 3. The molecular weight excluding hydrogens is 514 g/mol. The second-order valence-corrected chi connectivity index (χ2v) is 12.5. The molecule has 2 unspecified atom stereocenters. The zero-order valence-electron chi connectivity index (χ0n) is 22.8. The lowest BCUT2D eigenvalue weighted by atomic mass is 9.81. The number of aryl methyl sites for hydroxylation is 2. The third kappa shape index (κ3) is 6.07. The van der Waals surface area contributed by atoms with E-state index in [-0.39, 0.29) is 28.6 Å². The largest absolute Gasteiger partial charge is 0.477 e. The Labute approximate surface area is 230 Å². The van der Waals surface area contributed by atoms with Crippen LogP contribution in [0.25, 0.3) is 11.3 Å². The summed E-state index contributed by atoms with van der Waals surface area (Å²) in [5, 5.41) is 0. The Kier molecular flexibility index (Phi) is 7.59. The fourth-order valence-corrected chi connectivity index (χ4v) is 6.55. The molecule has 1 amide bonds. The van der Waals surface area contributed by atoms with Crippen molar-refractivity contribution in [3.63, 3.8) is 0 Å². The number of aromatic nitrogens is 2. The number of benzene rings is 2. The van der Waals surface area contributed by atoms with E-state index < -0.39 is 10.0 Å². The molecule has 0 saturated carbocycles. The van der Waals surface area contributed by atoms with Crippen LogP contribution in [0.4, 0.5) is 5.95 Å². The summed E-state index contributed by atoms with van der Waals surface area (Å²) in [5.41, 5.74) is 4.46. The minimum absolute atomic E-state index is 0.0437. The fourth-order valence-electron chi connectivity index (χ4n) is 5.54. The van der Waals surface area contributed by atoms with Crippen molar-refractivity contribution in [2.45, 2.75) is 31.6 Å². The first-order valence-electron chi connectivity index (χ1n) is 13.2. The van der Waals surface area contributed by atoms with Gasteiger partial charge in [-0.05, 0) is 75.5 Å². The maximum atomic E-state index is 13.4. The van der Waals surface area contributed by atoms with Crippen molar-refractivity contribution in [3.8, 4) is 17.1 Å². The van der Waals surface area contributed by atoms with Crippen LogP contribution in [0.15, 0.2) is 53.4 Å². The van der Waals surface area contributed by atoms with Crippen LogP contribution in [0, 0.1) is 25.7 Å². The predicted molar refractivity (Wildman–Crippen MR) is 150 cm³/mol. The minimum Gasteiger partial charge on any atom is -0.477 e. The van der Waals surface area contributed by atoms with Crippen molar-refractivity contribution in [1.82, 2.24) is 19.8 Å². The molecule has 2 aliphatic heterocycles. The van der Waals surface area contributed by atoms with Gasteiger partial charge >= 0.3 is 0 Å². The van der Waals surface area contributed by atoms with Gasteiger partial charge in [0.1, 0.15) is 0 Å². The molecule has 2 atom stereocenters. The molecule has 9 nitrogen and oxygen atoms in total. The molecule has 3 aromatic rings. The third-order valence-corrected chi connectivity index (χ3v) is 8.84. The van der Waals surface area contributed by atoms with E-state index in [1.165, 1.54) is 0 Å². The molecule has 1 saturated heterocycles. The van der Waals surface area contributed by atoms with Crippen molar-refractivity contribution in [3.05, 3.63) is 65.2 Å². The summed E-state index contributed by atoms with van der Waals surface area (Å²) in [6, 6.07) is 14.8. The molecule has 0 radical (unpaired) electrons. The number of ether oxygens (including phenoxy) is 1. The smallest absolute Gasteiger partial charge is 0.264 e. The Hall–Kier alpha value is -3.50. The lowest BCUT2D eigenvalue weighted by Gasteiger charge is -2.39. The van der Waals surface area contributed by atoms with Gasteiger partial charge in [-0.25, -0.2) is 18.1 Å². The number of nitrogens with one attached hydrogen (secondary N) is 1. The standard InChI is InChI=1S/C29H35N5O4S/c1-19-7-5-8-20(2)28(19)25-15-26-31-29(30-25)32-39(36,37)24-10-6-9-21(14-24)13-22-11-12-34(16-23(22)18-38-26)27(35)17-33(3)4/h5-10,14-15,22-23H,11-13,16-18H2,1-4H3,(H,30,31,32).